The number of hydrogen-bond acceptors (Lipinski definition) is 0. The SMILES string of the molecule is CC(C)C1=CC(C(C)(C)C)CC1. The van der Waals surface area contributed by atoms with Crippen LogP contribution in [0, 0.1) is 17.3 Å². The molecule has 70 valence electrons. The maximum atomic E-state index is 2.52. The van der Waals surface area contributed by atoms with Gasteiger partial charge < -0.3 is 0 Å². The van der Waals surface area contributed by atoms with Gasteiger partial charge in [0.25, 0.3) is 0 Å². The van der Waals surface area contributed by atoms with E-state index in [0.29, 0.717) is 5.41 Å². The Kier molecular flexibility index (Phi) is 2.65. The van der Waals surface area contributed by atoms with Gasteiger partial charge in [-0.2, -0.15) is 0 Å². The van der Waals surface area contributed by atoms with E-state index in [-0.39, 0.29) is 0 Å². The Hall–Kier alpha value is -0.260. The molecule has 0 N–H and O–H groups in total. The lowest BCUT2D eigenvalue weighted by Crippen LogP contribution is -2.15. The Morgan fingerprint density at radius 3 is 2.17 bits per heavy atom. The van der Waals surface area contributed by atoms with E-state index in [4.69, 9.17) is 0 Å². The molecular formula is C12H22. The molecule has 0 heteroatoms. The molecule has 0 nitrogen and oxygen atoms in total. The second-order valence-corrected chi connectivity index (χ2v) is 5.41. The van der Waals surface area contributed by atoms with Gasteiger partial charge in [0.15, 0.2) is 0 Å². The van der Waals surface area contributed by atoms with Crippen molar-refractivity contribution in [2.45, 2.75) is 47.5 Å². The van der Waals surface area contributed by atoms with Gasteiger partial charge in [0, 0.05) is 0 Å². The lowest BCUT2D eigenvalue weighted by Gasteiger charge is -2.24. The quantitative estimate of drug-likeness (QED) is 0.516. The van der Waals surface area contributed by atoms with Gasteiger partial charge in [-0.25, -0.2) is 0 Å². The van der Waals surface area contributed by atoms with Crippen LogP contribution in [0.15, 0.2) is 11.6 Å². The molecule has 0 bridgehead atoms. The summed E-state index contributed by atoms with van der Waals surface area (Å²) in [6.45, 7) is 11.6. The van der Waals surface area contributed by atoms with E-state index < -0.39 is 0 Å². The van der Waals surface area contributed by atoms with Crippen molar-refractivity contribution in [3.8, 4) is 0 Å². The molecule has 1 unspecified atom stereocenters. The highest BCUT2D eigenvalue weighted by Crippen LogP contribution is 2.39. The van der Waals surface area contributed by atoms with Crippen LogP contribution in [0.4, 0.5) is 0 Å². The standard InChI is InChI=1S/C12H22/c1-9(2)10-6-7-11(8-10)12(3,4)5/h8-9,11H,6-7H2,1-5H3. The molecule has 0 aliphatic heterocycles. The molecule has 0 saturated heterocycles. The molecule has 1 aliphatic rings. The molecule has 1 rings (SSSR count). The zero-order valence-corrected chi connectivity index (χ0v) is 9.15. The Morgan fingerprint density at radius 2 is 1.92 bits per heavy atom. The van der Waals surface area contributed by atoms with E-state index in [2.05, 4.69) is 40.7 Å². The highest BCUT2D eigenvalue weighted by Gasteiger charge is 2.27. The lowest BCUT2D eigenvalue weighted by atomic mass is 9.80. The first-order chi connectivity index (χ1) is 5.41. The average molecular weight is 166 g/mol. The third-order valence-electron chi connectivity index (χ3n) is 3.01. The van der Waals surface area contributed by atoms with Gasteiger partial charge in [0.1, 0.15) is 0 Å². The molecule has 12 heavy (non-hydrogen) atoms. The maximum absolute atomic E-state index is 2.52. The fraction of sp³-hybridized carbons (Fsp3) is 0.833. The van der Waals surface area contributed by atoms with Crippen molar-refractivity contribution in [2.75, 3.05) is 0 Å². The van der Waals surface area contributed by atoms with Crippen molar-refractivity contribution in [2.24, 2.45) is 17.3 Å². The minimum Gasteiger partial charge on any atom is -0.0814 e. The highest BCUT2D eigenvalue weighted by molar-refractivity contribution is 5.14. The van der Waals surface area contributed by atoms with E-state index in [9.17, 15) is 0 Å². The fourth-order valence-electron chi connectivity index (χ4n) is 1.91. The smallest absolute Gasteiger partial charge is 0.0179 e. The highest BCUT2D eigenvalue weighted by atomic mass is 14.3. The first-order valence-electron chi connectivity index (χ1n) is 5.12. The van der Waals surface area contributed by atoms with Gasteiger partial charge in [0.2, 0.25) is 0 Å². The van der Waals surface area contributed by atoms with Crippen LogP contribution < -0.4 is 0 Å². The fourth-order valence-corrected chi connectivity index (χ4v) is 1.91. The molecular weight excluding hydrogens is 144 g/mol. The summed E-state index contributed by atoms with van der Waals surface area (Å²) in [6, 6.07) is 0. The Morgan fingerprint density at radius 1 is 1.33 bits per heavy atom. The van der Waals surface area contributed by atoms with Gasteiger partial charge in [-0.05, 0) is 30.1 Å². The zero-order valence-electron chi connectivity index (χ0n) is 9.15. The van der Waals surface area contributed by atoms with Crippen LogP contribution >= 0.6 is 0 Å². The first-order valence-corrected chi connectivity index (χ1v) is 5.12. The van der Waals surface area contributed by atoms with E-state index in [1.807, 2.05) is 0 Å². The topological polar surface area (TPSA) is 0 Å². The van der Waals surface area contributed by atoms with Gasteiger partial charge in [-0.3, -0.25) is 0 Å². The molecule has 0 amide bonds. The second kappa shape index (κ2) is 3.24. The van der Waals surface area contributed by atoms with Crippen molar-refractivity contribution >= 4 is 0 Å². The van der Waals surface area contributed by atoms with Gasteiger partial charge in [0.05, 0.1) is 0 Å². The van der Waals surface area contributed by atoms with Crippen molar-refractivity contribution in [3.05, 3.63) is 11.6 Å². The van der Waals surface area contributed by atoms with Gasteiger partial charge in [-0.1, -0.05) is 46.3 Å². The normalized spacial score (nSPS) is 24.8. The Bertz CT molecular complexity index is 179. The molecule has 1 aliphatic carbocycles. The summed E-state index contributed by atoms with van der Waals surface area (Å²) in [5, 5.41) is 0. The first kappa shape index (κ1) is 9.83. The summed E-state index contributed by atoms with van der Waals surface area (Å²) < 4.78 is 0. The van der Waals surface area contributed by atoms with Gasteiger partial charge >= 0.3 is 0 Å². The van der Waals surface area contributed by atoms with Crippen LogP contribution in [0.2, 0.25) is 0 Å². The Labute approximate surface area is 77.1 Å². The molecule has 0 spiro atoms. The zero-order chi connectivity index (χ0) is 9.35. The van der Waals surface area contributed by atoms with Gasteiger partial charge in [-0.15, -0.1) is 0 Å². The lowest BCUT2D eigenvalue weighted by molar-refractivity contribution is 0.290. The largest absolute Gasteiger partial charge is 0.0814 e. The van der Waals surface area contributed by atoms with Crippen molar-refractivity contribution in [1.29, 1.82) is 0 Å². The van der Waals surface area contributed by atoms with Crippen molar-refractivity contribution in [3.63, 3.8) is 0 Å². The summed E-state index contributed by atoms with van der Waals surface area (Å²) in [5.41, 5.74) is 2.14. The minimum atomic E-state index is 0.469. The van der Waals surface area contributed by atoms with Crippen LogP contribution in [0.5, 0.6) is 0 Å². The summed E-state index contributed by atoms with van der Waals surface area (Å²) >= 11 is 0. The minimum absolute atomic E-state index is 0.469. The number of allylic oxidation sites excluding steroid dienone is 2. The summed E-state index contributed by atoms with van der Waals surface area (Å²) in [6.07, 6.45) is 5.22. The number of rotatable bonds is 1. The van der Waals surface area contributed by atoms with Crippen LogP contribution in [0.3, 0.4) is 0 Å². The third kappa shape index (κ3) is 2.12. The van der Waals surface area contributed by atoms with Crippen molar-refractivity contribution < 1.29 is 0 Å². The van der Waals surface area contributed by atoms with E-state index in [1.54, 1.807) is 5.57 Å². The summed E-state index contributed by atoms with van der Waals surface area (Å²) in [7, 11) is 0. The van der Waals surface area contributed by atoms with Crippen LogP contribution in [0.1, 0.15) is 47.5 Å². The molecule has 0 aromatic carbocycles. The molecule has 0 radical (unpaired) electrons. The van der Waals surface area contributed by atoms with Crippen LogP contribution in [0.25, 0.3) is 0 Å². The Balaban J connectivity index is 2.65. The van der Waals surface area contributed by atoms with Crippen molar-refractivity contribution in [1.82, 2.24) is 0 Å². The molecule has 0 aromatic rings. The van der Waals surface area contributed by atoms with E-state index >= 15 is 0 Å². The monoisotopic (exact) mass is 166 g/mol. The molecule has 1 atom stereocenters. The van der Waals surface area contributed by atoms with E-state index in [1.165, 1.54) is 12.8 Å². The third-order valence-corrected chi connectivity index (χ3v) is 3.01. The second-order valence-electron chi connectivity index (χ2n) is 5.41. The molecule has 0 fully saturated rings. The van der Waals surface area contributed by atoms with Crippen LogP contribution in [-0.2, 0) is 0 Å². The number of hydrogen-bond donors (Lipinski definition) is 0. The molecule has 0 saturated carbocycles. The van der Waals surface area contributed by atoms with Crippen LogP contribution in [-0.4, -0.2) is 0 Å². The average Bonchev–Trinajstić information content (AvgIpc) is 2.30. The summed E-state index contributed by atoms with van der Waals surface area (Å²) in [4.78, 5) is 0. The summed E-state index contributed by atoms with van der Waals surface area (Å²) in [5.74, 6) is 1.58. The predicted octanol–water partition coefficient (Wildman–Crippen LogP) is 4.02. The molecule has 0 heterocycles. The maximum Gasteiger partial charge on any atom is -0.0179 e. The molecule has 0 aromatic heterocycles. The predicted molar refractivity (Wildman–Crippen MR) is 55.1 cm³/mol. The van der Waals surface area contributed by atoms with E-state index in [0.717, 1.165) is 11.8 Å².